The number of allylic oxidation sites excluding steroid dienone is 5. The quantitative estimate of drug-likeness (QED) is 0.263. The van der Waals surface area contributed by atoms with Crippen molar-refractivity contribution in [2.45, 2.75) is 53.4 Å². The molecule has 0 N–H and O–H groups in total. The van der Waals surface area contributed by atoms with Crippen LogP contribution in [0.3, 0.4) is 0 Å². The maximum atomic E-state index is 11.2. The van der Waals surface area contributed by atoms with Crippen molar-refractivity contribution in [3.63, 3.8) is 0 Å². The normalized spacial score (nSPS) is 12.0. The molecular weight excluding hydrogens is 236 g/mol. The van der Waals surface area contributed by atoms with Crippen LogP contribution in [0.1, 0.15) is 53.4 Å². The molecule has 0 unspecified atom stereocenters. The van der Waals surface area contributed by atoms with Crippen molar-refractivity contribution in [1.82, 2.24) is 0 Å². The van der Waals surface area contributed by atoms with Gasteiger partial charge in [-0.05, 0) is 53.4 Å². The third-order valence-corrected chi connectivity index (χ3v) is 2.69. The highest BCUT2D eigenvalue weighted by molar-refractivity contribution is 5.83. The fourth-order valence-electron chi connectivity index (χ4n) is 1.63. The van der Waals surface area contributed by atoms with E-state index in [0.29, 0.717) is 0 Å². The van der Waals surface area contributed by atoms with Crippen LogP contribution in [0.2, 0.25) is 0 Å². The largest absolute Gasteiger partial charge is 0.432 e. The predicted molar refractivity (Wildman–Crippen MR) is 81.7 cm³/mol. The van der Waals surface area contributed by atoms with Crippen molar-refractivity contribution >= 4 is 5.97 Å². The number of ether oxygens (including phenoxy) is 1. The van der Waals surface area contributed by atoms with Crippen LogP contribution in [-0.4, -0.2) is 5.97 Å². The van der Waals surface area contributed by atoms with Crippen LogP contribution in [0.4, 0.5) is 0 Å². The highest BCUT2D eigenvalue weighted by Crippen LogP contribution is 2.11. The Bertz CT molecular complexity index is 380. The van der Waals surface area contributed by atoms with Gasteiger partial charge in [0.05, 0.1) is 6.26 Å². The number of carbonyl (C=O) groups is 1. The number of esters is 1. The third-order valence-electron chi connectivity index (χ3n) is 2.69. The summed E-state index contributed by atoms with van der Waals surface area (Å²) in [4.78, 5) is 11.2. The summed E-state index contributed by atoms with van der Waals surface area (Å²) in [6, 6.07) is 0. The highest BCUT2D eigenvalue weighted by atomic mass is 16.5. The summed E-state index contributed by atoms with van der Waals surface area (Å²) in [5, 5.41) is 0. The van der Waals surface area contributed by atoms with Crippen molar-refractivity contribution in [2.75, 3.05) is 0 Å². The molecule has 0 aliphatic heterocycles. The molecule has 0 aliphatic rings. The molecule has 0 aliphatic carbocycles. The van der Waals surface area contributed by atoms with Crippen molar-refractivity contribution in [3.8, 4) is 0 Å². The van der Waals surface area contributed by atoms with E-state index >= 15 is 0 Å². The van der Waals surface area contributed by atoms with Gasteiger partial charge in [0.1, 0.15) is 0 Å². The summed E-state index contributed by atoms with van der Waals surface area (Å²) in [5.74, 6) is -0.350. The average molecular weight is 262 g/mol. The lowest BCUT2D eigenvalue weighted by molar-refractivity contribution is -0.132. The van der Waals surface area contributed by atoms with Crippen molar-refractivity contribution < 1.29 is 9.53 Å². The standard InChI is InChI=1S/C17H26O2/c1-6-19-17(18)13-16(5)12-8-11-15(4)10-7-9-14(2)3/h6,9,11,13H,1,7-8,10,12H2,2-5H3. The topological polar surface area (TPSA) is 26.3 Å². The van der Waals surface area contributed by atoms with Gasteiger partial charge in [-0.1, -0.05) is 35.5 Å². The Kier molecular flexibility index (Phi) is 9.51. The second kappa shape index (κ2) is 10.4. The first-order valence-electron chi connectivity index (χ1n) is 6.73. The van der Waals surface area contributed by atoms with Crippen molar-refractivity contribution in [2.24, 2.45) is 0 Å². The summed E-state index contributed by atoms with van der Waals surface area (Å²) in [6.07, 6.45) is 11.2. The Morgan fingerprint density at radius 1 is 1.00 bits per heavy atom. The van der Waals surface area contributed by atoms with E-state index in [1.165, 1.54) is 17.2 Å². The smallest absolute Gasteiger partial charge is 0.335 e. The van der Waals surface area contributed by atoms with Crippen LogP contribution in [-0.2, 0) is 9.53 Å². The van der Waals surface area contributed by atoms with Crippen LogP contribution in [0.15, 0.2) is 47.8 Å². The Hall–Kier alpha value is -1.57. The number of rotatable bonds is 8. The first kappa shape index (κ1) is 17.4. The molecule has 0 atom stereocenters. The van der Waals surface area contributed by atoms with E-state index in [1.807, 2.05) is 6.92 Å². The number of carbonyl (C=O) groups excluding carboxylic acids is 1. The molecule has 0 aromatic rings. The second-order valence-corrected chi connectivity index (χ2v) is 5.00. The minimum absolute atomic E-state index is 0.350. The SMILES string of the molecule is C=COC(=O)C=C(C)CCC=C(C)CCC=C(C)C. The lowest BCUT2D eigenvalue weighted by Crippen LogP contribution is -1.95. The zero-order valence-corrected chi connectivity index (χ0v) is 12.7. The summed E-state index contributed by atoms with van der Waals surface area (Å²) in [6.45, 7) is 11.7. The molecule has 0 fully saturated rings. The maximum absolute atomic E-state index is 11.2. The molecule has 0 heterocycles. The molecule has 2 nitrogen and oxygen atoms in total. The van der Waals surface area contributed by atoms with Crippen molar-refractivity contribution in [3.05, 3.63) is 47.8 Å². The van der Waals surface area contributed by atoms with Gasteiger partial charge in [0.25, 0.3) is 0 Å². The molecular formula is C17H26O2. The zero-order chi connectivity index (χ0) is 14.7. The zero-order valence-electron chi connectivity index (χ0n) is 12.7. The first-order chi connectivity index (χ1) is 8.95. The molecule has 0 aromatic carbocycles. The summed E-state index contributed by atoms with van der Waals surface area (Å²) in [7, 11) is 0. The molecule has 2 heteroatoms. The Labute approximate surface area is 117 Å². The van der Waals surface area contributed by atoms with Crippen LogP contribution in [0.25, 0.3) is 0 Å². The van der Waals surface area contributed by atoms with Crippen LogP contribution in [0.5, 0.6) is 0 Å². The highest BCUT2D eigenvalue weighted by Gasteiger charge is 1.97. The molecule has 0 amide bonds. The lowest BCUT2D eigenvalue weighted by atomic mass is 10.1. The second-order valence-electron chi connectivity index (χ2n) is 5.00. The molecule has 0 saturated carbocycles. The summed E-state index contributed by atoms with van der Waals surface area (Å²) >= 11 is 0. The minimum Gasteiger partial charge on any atom is -0.432 e. The van der Waals surface area contributed by atoms with Gasteiger partial charge in [-0.15, -0.1) is 0 Å². The van der Waals surface area contributed by atoms with Gasteiger partial charge in [0.2, 0.25) is 0 Å². The fraction of sp³-hybridized carbons (Fsp3) is 0.471. The van der Waals surface area contributed by atoms with Gasteiger partial charge in [0.15, 0.2) is 0 Å². The summed E-state index contributed by atoms with van der Waals surface area (Å²) < 4.78 is 4.64. The monoisotopic (exact) mass is 262 g/mol. The molecule has 0 bridgehead atoms. The van der Waals surface area contributed by atoms with Crippen LogP contribution >= 0.6 is 0 Å². The fourth-order valence-corrected chi connectivity index (χ4v) is 1.63. The average Bonchev–Trinajstić information content (AvgIpc) is 2.28. The van der Waals surface area contributed by atoms with Gasteiger partial charge >= 0.3 is 5.97 Å². The lowest BCUT2D eigenvalue weighted by Gasteiger charge is -2.01. The van der Waals surface area contributed by atoms with Gasteiger partial charge in [-0.2, -0.15) is 0 Å². The third kappa shape index (κ3) is 11.3. The maximum Gasteiger partial charge on any atom is 0.335 e. The molecule has 0 rings (SSSR count). The van der Waals surface area contributed by atoms with E-state index in [1.54, 1.807) is 0 Å². The van der Waals surface area contributed by atoms with Gasteiger partial charge < -0.3 is 4.74 Å². The van der Waals surface area contributed by atoms with Gasteiger partial charge in [-0.25, -0.2) is 4.79 Å². The van der Waals surface area contributed by atoms with Crippen molar-refractivity contribution in [1.29, 1.82) is 0 Å². The van der Waals surface area contributed by atoms with Gasteiger partial charge in [-0.3, -0.25) is 0 Å². The van der Waals surface area contributed by atoms with E-state index in [2.05, 4.69) is 44.2 Å². The Morgan fingerprint density at radius 3 is 2.16 bits per heavy atom. The van der Waals surface area contributed by atoms with E-state index in [0.717, 1.165) is 37.5 Å². The summed E-state index contributed by atoms with van der Waals surface area (Å²) in [5.41, 5.74) is 3.80. The molecule has 0 aromatic heterocycles. The molecule has 19 heavy (non-hydrogen) atoms. The van der Waals surface area contributed by atoms with E-state index in [4.69, 9.17) is 0 Å². The Balaban J connectivity index is 4.02. The van der Waals surface area contributed by atoms with E-state index < -0.39 is 0 Å². The molecule has 0 spiro atoms. The van der Waals surface area contributed by atoms with Gasteiger partial charge in [0, 0.05) is 6.08 Å². The van der Waals surface area contributed by atoms with Crippen LogP contribution < -0.4 is 0 Å². The van der Waals surface area contributed by atoms with Crippen LogP contribution in [0, 0.1) is 0 Å². The minimum atomic E-state index is -0.350. The number of hydrogen-bond donors (Lipinski definition) is 0. The Morgan fingerprint density at radius 2 is 1.58 bits per heavy atom. The first-order valence-corrected chi connectivity index (χ1v) is 6.73. The predicted octanol–water partition coefficient (Wildman–Crippen LogP) is 5.09. The van der Waals surface area contributed by atoms with E-state index in [9.17, 15) is 4.79 Å². The molecule has 0 radical (unpaired) electrons. The molecule has 0 saturated heterocycles. The molecule has 106 valence electrons. The van der Waals surface area contributed by atoms with E-state index in [-0.39, 0.29) is 5.97 Å². The number of hydrogen-bond acceptors (Lipinski definition) is 2.